The van der Waals surface area contributed by atoms with Gasteiger partial charge in [-0.1, -0.05) is 6.07 Å². The van der Waals surface area contributed by atoms with Crippen LogP contribution in [-0.2, 0) is 20.8 Å². The number of benzene rings is 1. The van der Waals surface area contributed by atoms with E-state index >= 15 is 0 Å². The maximum atomic E-state index is 13.2. The number of rotatable bonds is 1. The van der Waals surface area contributed by atoms with Crippen molar-refractivity contribution >= 4 is 23.1 Å². The van der Waals surface area contributed by atoms with Crippen molar-refractivity contribution in [1.82, 2.24) is 0 Å². The molecular formula is C22H22O6. The monoisotopic (exact) mass is 382 g/mol. The normalized spacial score (nSPS) is 26.8. The number of aryl methyl sites for hydroxylation is 1. The molecule has 0 saturated heterocycles. The number of aromatic hydroxyl groups is 1. The van der Waals surface area contributed by atoms with Crippen molar-refractivity contribution in [3.8, 4) is 5.75 Å². The summed E-state index contributed by atoms with van der Waals surface area (Å²) in [7, 11) is 0. The highest BCUT2D eigenvalue weighted by atomic mass is 16.3. The van der Waals surface area contributed by atoms with Gasteiger partial charge < -0.3 is 15.3 Å². The number of phenolic OH excluding ortho intramolecular Hbond substituents is 1. The number of carbonyl (C=O) groups is 3. The summed E-state index contributed by atoms with van der Waals surface area (Å²) in [4.78, 5) is 37.3. The second-order valence-electron chi connectivity index (χ2n) is 8.15. The molecule has 3 aliphatic carbocycles. The average Bonchev–Trinajstić information content (AvgIpc) is 2.58. The van der Waals surface area contributed by atoms with Gasteiger partial charge in [0.15, 0.2) is 17.3 Å². The summed E-state index contributed by atoms with van der Waals surface area (Å²) in [5.74, 6) is -3.93. The molecule has 0 aromatic heterocycles. The number of fused-ring (bicyclic) bond motifs is 3. The zero-order chi connectivity index (χ0) is 20.5. The maximum Gasteiger partial charge on any atom is 0.173 e. The van der Waals surface area contributed by atoms with E-state index in [1.165, 1.54) is 6.92 Å². The summed E-state index contributed by atoms with van der Waals surface area (Å²) in [6, 6.07) is 1.91. The molecule has 4 rings (SSSR count). The Labute approximate surface area is 162 Å². The fourth-order valence-corrected chi connectivity index (χ4v) is 5.05. The molecule has 146 valence electrons. The minimum atomic E-state index is -1.000. The van der Waals surface area contributed by atoms with Gasteiger partial charge >= 0.3 is 0 Å². The van der Waals surface area contributed by atoms with Gasteiger partial charge in [0.05, 0.1) is 17.1 Å². The summed E-state index contributed by atoms with van der Waals surface area (Å²) in [5, 5.41) is 32.0. The van der Waals surface area contributed by atoms with E-state index in [0.29, 0.717) is 18.4 Å². The molecule has 28 heavy (non-hydrogen) atoms. The Morgan fingerprint density at radius 2 is 1.79 bits per heavy atom. The van der Waals surface area contributed by atoms with E-state index in [1.807, 2.05) is 13.0 Å². The van der Waals surface area contributed by atoms with Crippen molar-refractivity contribution in [3.05, 3.63) is 45.2 Å². The van der Waals surface area contributed by atoms with Gasteiger partial charge in [-0.15, -0.1) is 0 Å². The van der Waals surface area contributed by atoms with Crippen LogP contribution >= 0.6 is 0 Å². The van der Waals surface area contributed by atoms with Crippen LogP contribution in [0.1, 0.15) is 42.0 Å². The number of allylic oxidation sites excluding steroid dienone is 3. The summed E-state index contributed by atoms with van der Waals surface area (Å²) in [5.41, 5.74) is 2.44. The lowest BCUT2D eigenvalue weighted by atomic mass is 9.61. The quantitative estimate of drug-likeness (QED) is 0.644. The van der Waals surface area contributed by atoms with Crippen LogP contribution in [0.25, 0.3) is 5.76 Å². The molecule has 1 aromatic rings. The highest BCUT2D eigenvalue weighted by Crippen LogP contribution is 2.50. The molecule has 0 bridgehead atoms. The van der Waals surface area contributed by atoms with Gasteiger partial charge in [-0.25, -0.2) is 0 Å². The first-order valence-corrected chi connectivity index (χ1v) is 9.40. The number of aliphatic hydroxyl groups excluding tert-OH is 2. The Bertz CT molecular complexity index is 1030. The molecule has 3 aliphatic rings. The highest BCUT2D eigenvalue weighted by Gasteiger charge is 2.50. The topological polar surface area (TPSA) is 112 Å². The number of carbonyl (C=O) groups excluding carboxylic acids is 3. The van der Waals surface area contributed by atoms with Crippen LogP contribution in [0, 0.1) is 31.6 Å². The molecular weight excluding hydrogens is 360 g/mol. The van der Waals surface area contributed by atoms with E-state index in [0.717, 1.165) is 11.1 Å². The van der Waals surface area contributed by atoms with E-state index in [-0.39, 0.29) is 40.6 Å². The molecule has 6 heteroatoms. The zero-order valence-electron chi connectivity index (χ0n) is 16.0. The van der Waals surface area contributed by atoms with Gasteiger partial charge in [0.25, 0.3) is 0 Å². The SMILES string of the molecule is CC(=O)C1=C(O)C2C(=O)C3=C(O)c4c(cc(C)c(C)c4O)CC3CC2CC1=O. The molecule has 0 heterocycles. The number of phenols is 1. The average molecular weight is 382 g/mol. The number of hydrogen-bond acceptors (Lipinski definition) is 6. The second-order valence-corrected chi connectivity index (χ2v) is 8.15. The van der Waals surface area contributed by atoms with Gasteiger partial charge in [-0.3, -0.25) is 14.4 Å². The van der Waals surface area contributed by atoms with E-state index in [2.05, 4.69) is 0 Å². The van der Waals surface area contributed by atoms with Crippen LogP contribution in [0.4, 0.5) is 0 Å². The van der Waals surface area contributed by atoms with Crippen LogP contribution in [0.2, 0.25) is 0 Å². The molecule has 3 N–H and O–H groups in total. The first-order chi connectivity index (χ1) is 13.1. The maximum absolute atomic E-state index is 13.2. The number of Topliss-reactive ketones (excluding diaryl/α,β-unsaturated/α-hetero) is 3. The first kappa shape index (κ1) is 18.5. The van der Waals surface area contributed by atoms with Crippen molar-refractivity contribution in [2.24, 2.45) is 17.8 Å². The summed E-state index contributed by atoms with van der Waals surface area (Å²) >= 11 is 0. The van der Waals surface area contributed by atoms with Gasteiger partial charge in [-0.2, -0.15) is 0 Å². The molecule has 0 amide bonds. The van der Waals surface area contributed by atoms with E-state index < -0.39 is 34.9 Å². The summed E-state index contributed by atoms with van der Waals surface area (Å²) in [6.45, 7) is 4.81. The van der Waals surface area contributed by atoms with Crippen molar-refractivity contribution in [2.75, 3.05) is 0 Å². The van der Waals surface area contributed by atoms with Crippen LogP contribution < -0.4 is 0 Å². The van der Waals surface area contributed by atoms with Gasteiger partial charge in [-0.05, 0) is 62.1 Å². The van der Waals surface area contributed by atoms with E-state index in [4.69, 9.17) is 0 Å². The molecule has 0 aliphatic heterocycles. The van der Waals surface area contributed by atoms with Crippen molar-refractivity contribution in [2.45, 2.75) is 40.0 Å². The van der Waals surface area contributed by atoms with Crippen LogP contribution in [0.3, 0.4) is 0 Å². The summed E-state index contributed by atoms with van der Waals surface area (Å²) < 4.78 is 0. The number of ketones is 3. The van der Waals surface area contributed by atoms with Gasteiger partial charge in [0.1, 0.15) is 17.3 Å². The molecule has 0 spiro atoms. The molecule has 1 aromatic carbocycles. The van der Waals surface area contributed by atoms with Crippen LogP contribution in [0.15, 0.2) is 23.0 Å². The Balaban J connectivity index is 1.89. The molecule has 3 atom stereocenters. The molecule has 3 unspecified atom stereocenters. The van der Waals surface area contributed by atoms with Crippen molar-refractivity contribution < 1.29 is 29.7 Å². The minimum absolute atomic E-state index is 0.0327. The predicted octanol–water partition coefficient (Wildman–Crippen LogP) is 3.03. The van der Waals surface area contributed by atoms with Crippen LogP contribution in [0.5, 0.6) is 5.75 Å². The third-order valence-corrected chi connectivity index (χ3v) is 6.50. The highest BCUT2D eigenvalue weighted by molar-refractivity contribution is 6.21. The molecule has 6 nitrogen and oxygen atoms in total. The Hall–Kier alpha value is -2.89. The third kappa shape index (κ3) is 2.37. The lowest BCUT2D eigenvalue weighted by molar-refractivity contribution is -0.127. The largest absolute Gasteiger partial charge is 0.511 e. The third-order valence-electron chi connectivity index (χ3n) is 6.50. The van der Waals surface area contributed by atoms with Gasteiger partial charge in [0.2, 0.25) is 0 Å². The fraction of sp³-hybridized carbons (Fsp3) is 0.409. The van der Waals surface area contributed by atoms with E-state index in [1.54, 1.807) is 6.92 Å². The minimum Gasteiger partial charge on any atom is -0.511 e. The zero-order valence-corrected chi connectivity index (χ0v) is 16.0. The fourth-order valence-electron chi connectivity index (χ4n) is 5.05. The lowest BCUT2D eigenvalue weighted by Crippen LogP contribution is -2.43. The lowest BCUT2D eigenvalue weighted by Gasteiger charge is -2.41. The van der Waals surface area contributed by atoms with Crippen molar-refractivity contribution in [1.29, 1.82) is 0 Å². The van der Waals surface area contributed by atoms with Gasteiger partial charge in [0, 0.05) is 12.0 Å². The smallest absolute Gasteiger partial charge is 0.173 e. The Kier molecular flexibility index (Phi) is 4.00. The second kappa shape index (κ2) is 6.06. The molecule has 0 radical (unpaired) electrons. The Morgan fingerprint density at radius 1 is 1.11 bits per heavy atom. The molecule has 1 fully saturated rings. The number of aliphatic hydroxyl groups is 2. The first-order valence-electron chi connectivity index (χ1n) is 9.40. The number of hydrogen-bond donors (Lipinski definition) is 3. The Morgan fingerprint density at radius 3 is 2.43 bits per heavy atom. The molecule has 1 saturated carbocycles. The standard InChI is InChI=1S/C22H22O6/c1-8-4-11-5-12-6-13-7-14(24)15(10(3)23)20(26)18(13)22(28)17(12)21(27)16(11)19(25)9(8)2/h4,12-13,18,25-27H,5-7H2,1-3H3. The predicted molar refractivity (Wildman–Crippen MR) is 101 cm³/mol. The van der Waals surface area contributed by atoms with Crippen LogP contribution in [-0.4, -0.2) is 32.7 Å². The van der Waals surface area contributed by atoms with Crippen molar-refractivity contribution in [3.63, 3.8) is 0 Å². The van der Waals surface area contributed by atoms with E-state index in [9.17, 15) is 29.7 Å². The summed E-state index contributed by atoms with van der Waals surface area (Å²) in [6.07, 6.45) is 0.950.